The Hall–Kier alpha value is -0.960. The molecule has 0 unspecified atom stereocenters. The van der Waals surface area contributed by atoms with E-state index in [-0.39, 0.29) is 5.41 Å². The third-order valence-electron chi connectivity index (χ3n) is 2.99. The molecule has 0 atom stereocenters. The first-order valence-electron chi connectivity index (χ1n) is 5.21. The van der Waals surface area contributed by atoms with Gasteiger partial charge in [0.1, 0.15) is 5.82 Å². The molecule has 1 aromatic heterocycles. The molecule has 0 aromatic carbocycles. The minimum absolute atomic E-state index is 0.116. The molecule has 1 fully saturated rings. The zero-order valence-electron chi connectivity index (χ0n) is 8.83. The lowest BCUT2D eigenvalue weighted by Gasteiger charge is -2.12. The van der Waals surface area contributed by atoms with Gasteiger partial charge in [-0.1, -0.05) is 13.8 Å². The average Bonchev–Trinajstić information content (AvgIpc) is 2.98. The monoisotopic (exact) mass is 191 g/mol. The highest BCUT2D eigenvalue weighted by Crippen LogP contribution is 2.45. The summed E-state index contributed by atoms with van der Waals surface area (Å²) in [5.74, 6) is 1.41. The minimum Gasteiger partial charge on any atom is -0.329 e. The maximum atomic E-state index is 5.75. The lowest BCUT2D eigenvalue weighted by molar-refractivity contribution is 0.634. The van der Waals surface area contributed by atoms with E-state index in [0.717, 1.165) is 24.4 Å². The predicted molar refractivity (Wildman–Crippen MR) is 56.1 cm³/mol. The summed E-state index contributed by atoms with van der Waals surface area (Å²) in [4.78, 5) is 8.92. The quantitative estimate of drug-likeness (QED) is 0.789. The summed E-state index contributed by atoms with van der Waals surface area (Å²) in [7, 11) is 0. The molecule has 3 nitrogen and oxygen atoms in total. The van der Waals surface area contributed by atoms with Crippen LogP contribution in [0.15, 0.2) is 12.3 Å². The van der Waals surface area contributed by atoms with Gasteiger partial charge in [-0.05, 0) is 24.8 Å². The van der Waals surface area contributed by atoms with Gasteiger partial charge in [-0.15, -0.1) is 0 Å². The van der Waals surface area contributed by atoms with E-state index in [1.165, 1.54) is 0 Å². The molecule has 0 saturated heterocycles. The van der Waals surface area contributed by atoms with E-state index >= 15 is 0 Å². The molecular formula is C11H17N3. The van der Waals surface area contributed by atoms with E-state index in [2.05, 4.69) is 23.8 Å². The zero-order valence-corrected chi connectivity index (χ0v) is 8.83. The van der Waals surface area contributed by atoms with Gasteiger partial charge in [-0.2, -0.15) is 0 Å². The van der Waals surface area contributed by atoms with Crippen molar-refractivity contribution in [3.8, 4) is 0 Å². The van der Waals surface area contributed by atoms with Crippen LogP contribution in [-0.2, 0) is 5.41 Å². The van der Waals surface area contributed by atoms with Crippen molar-refractivity contribution in [1.82, 2.24) is 9.97 Å². The molecule has 0 radical (unpaired) electrons. The third kappa shape index (κ3) is 1.52. The molecule has 0 amide bonds. The van der Waals surface area contributed by atoms with Gasteiger partial charge in [-0.3, -0.25) is 0 Å². The van der Waals surface area contributed by atoms with Gasteiger partial charge >= 0.3 is 0 Å². The van der Waals surface area contributed by atoms with E-state index in [0.29, 0.717) is 12.5 Å². The van der Waals surface area contributed by atoms with Gasteiger partial charge in [0.2, 0.25) is 0 Å². The molecule has 1 aromatic rings. The number of aromatic nitrogens is 2. The smallest absolute Gasteiger partial charge is 0.135 e. The maximum absolute atomic E-state index is 5.75. The Morgan fingerprint density at radius 3 is 2.71 bits per heavy atom. The van der Waals surface area contributed by atoms with Gasteiger partial charge in [0.15, 0.2) is 0 Å². The summed E-state index contributed by atoms with van der Waals surface area (Å²) in [6.07, 6.45) is 4.14. The molecule has 1 aliphatic carbocycles. The summed E-state index contributed by atoms with van der Waals surface area (Å²) in [5, 5.41) is 0. The molecule has 2 rings (SSSR count). The van der Waals surface area contributed by atoms with Crippen molar-refractivity contribution in [3.05, 3.63) is 23.8 Å². The lowest BCUT2D eigenvalue weighted by Crippen LogP contribution is -2.23. The van der Waals surface area contributed by atoms with Crippen LogP contribution in [0, 0.1) is 0 Å². The Kier molecular flexibility index (Phi) is 2.27. The van der Waals surface area contributed by atoms with Crippen molar-refractivity contribution in [3.63, 3.8) is 0 Å². The Balaban J connectivity index is 2.31. The first-order valence-corrected chi connectivity index (χ1v) is 5.21. The van der Waals surface area contributed by atoms with Crippen LogP contribution in [0.5, 0.6) is 0 Å². The Morgan fingerprint density at radius 1 is 1.50 bits per heavy atom. The van der Waals surface area contributed by atoms with Crippen molar-refractivity contribution >= 4 is 0 Å². The first kappa shape index (κ1) is 9.59. The largest absolute Gasteiger partial charge is 0.329 e. The van der Waals surface area contributed by atoms with Crippen molar-refractivity contribution in [1.29, 1.82) is 0 Å². The summed E-state index contributed by atoms with van der Waals surface area (Å²) >= 11 is 0. The predicted octanol–water partition coefficient (Wildman–Crippen LogP) is 1.59. The van der Waals surface area contributed by atoms with Crippen LogP contribution in [0.3, 0.4) is 0 Å². The van der Waals surface area contributed by atoms with Crippen LogP contribution in [0.2, 0.25) is 0 Å². The second-order valence-corrected chi connectivity index (χ2v) is 4.44. The van der Waals surface area contributed by atoms with E-state index in [9.17, 15) is 0 Å². The summed E-state index contributed by atoms with van der Waals surface area (Å²) in [5.41, 5.74) is 6.98. The standard InChI is InChI=1S/C11H17N3/c1-8(2)9-3-6-13-10(14-9)11(7-12)4-5-11/h3,6,8H,4-5,7,12H2,1-2H3. The lowest BCUT2D eigenvalue weighted by atomic mass is 10.1. The molecular weight excluding hydrogens is 174 g/mol. The van der Waals surface area contributed by atoms with Crippen LogP contribution >= 0.6 is 0 Å². The highest BCUT2D eigenvalue weighted by Gasteiger charge is 2.45. The van der Waals surface area contributed by atoms with Crippen molar-refractivity contribution < 1.29 is 0 Å². The van der Waals surface area contributed by atoms with Crippen LogP contribution in [0.4, 0.5) is 0 Å². The van der Waals surface area contributed by atoms with Gasteiger partial charge in [0.05, 0.1) is 0 Å². The van der Waals surface area contributed by atoms with Crippen LogP contribution in [0.1, 0.15) is 44.1 Å². The van der Waals surface area contributed by atoms with E-state index in [1.54, 1.807) is 0 Å². The summed E-state index contributed by atoms with van der Waals surface area (Å²) < 4.78 is 0. The summed E-state index contributed by atoms with van der Waals surface area (Å²) in [6, 6.07) is 1.99. The van der Waals surface area contributed by atoms with E-state index in [1.807, 2.05) is 12.3 Å². The molecule has 76 valence electrons. The van der Waals surface area contributed by atoms with Gasteiger partial charge < -0.3 is 5.73 Å². The van der Waals surface area contributed by atoms with Crippen LogP contribution < -0.4 is 5.73 Å². The number of hydrogen-bond acceptors (Lipinski definition) is 3. The molecule has 0 aliphatic heterocycles. The minimum atomic E-state index is 0.116. The fourth-order valence-corrected chi connectivity index (χ4v) is 1.62. The number of nitrogens with two attached hydrogens (primary N) is 1. The second kappa shape index (κ2) is 3.31. The number of nitrogens with zero attached hydrogens (tertiary/aromatic N) is 2. The first-order chi connectivity index (χ1) is 6.68. The average molecular weight is 191 g/mol. The molecule has 0 bridgehead atoms. The number of rotatable bonds is 3. The van der Waals surface area contributed by atoms with Gasteiger partial charge in [0, 0.05) is 23.9 Å². The molecule has 1 aliphatic rings. The van der Waals surface area contributed by atoms with Gasteiger partial charge in [-0.25, -0.2) is 9.97 Å². The Labute approximate surface area is 84.8 Å². The zero-order chi connectivity index (χ0) is 10.2. The normalized spacial score (nSPS) is 18.6. The Bertz CT molecular complexity index is 329. The fourth-order valence-electron chi connectivity index (χ4n) is 1.62. The van der Waals surface area contributed by atoms with Crippen molar-refractivity contribution in [2.75, 3.05) is 6.54 Å². The summed E-state index contributed by atoms with van der Waals surface area (Å²) in [6.45, 7) is 4.97. The molecule has 14 heavy (non-hydrogen) atoms. The SMILES string of the molecule is CC(C)c1ccnc(C2(CN)CC2)n1. The van der Waals surface area contributed by atoms with Crippen molar-refractivity contribution in [2.45, 2.75) is 38.0 Å². The van der Waals surface area contributed by atoms with Crippen molar-refractivity contribution in [2.24, 2.45) is 5.73 Å². The van der Waals surface area contributed by atoms with Crippen LogP contribution in [0.25, 0.3) is 0 Å². The second-order valence-electron chi connectivity index (χ2n) is 4.44. The number of hydrogen-bond donors (Lipinski definition) is 1. The van der Waals surface area contributed by atoms with E-state index in [4.69, 9.17) is 5.73 Å². The third-order valence-corrected chi connectivity index (χ3v) is 2.99. The molecule has 1 saturated carbocycles. The topological polar surface area (TPSA) is 51.8 Å². The van der Waals surface area contributed by atoms with Gasteiger partial charge in [0.25, 0.3) is 0 Å². The van der Waals surface area contributed by atoms with E-state index < -0.39 is 0 Å². The molecule has 0 spiro atoms. The fraction of sp³-hybridized carbons (Fsp3) is 0.636. The highest BCUT2D eigenvalue weighted by molar-refractivity contribution is 5.21. The Morgan fingerprint density at radius 2 is 2.21 bits per heavy atom. The maximum Gasteiger partial charge on any atom is 0.135 e. The molecule has 1 heterocycles. The molecule has 3 heteroatoms. The molecule has 2 N–H and O–H groups in total. The highest BCUT2D eigenvalue weighted by atomic mass is 14.9. The van der Waals surface area contributed by atoms with Crippen LogP contribution in [-0.4, -0.2) is 16.5 Å².